The van der Waals surface area contributed by atoms with Crippen molar-refractivity contribution < 1.29 is 48.4 Å². The first-order chi connectivity index (χ1) is 16.8. The van der Waals surface area contributed by atoms with E-state index in [9.17, 15) is 29.3 Å². The summed E-state index contributed by atoms with van der Waals surface area (Å²) in [5.41, 5.74) is 1.02. The average molecular weight is 566 g/mol. The van der Waals surface area contributed by atoms with Crippen LogP contribution in [-0.2, 0) is 24.9 Å². The third kappa shape index (κ3) is 5.93. The van der Waals surface area contributed by atoms with Crippen molar-refractivity contribution in [3.63, 3.8) is 0 Å². The van der Waals surface area contributed by atoms with E-state index in [0.717, 1.165) is 10.2 Å². The van der Waals surface area contributed by atoms with Crippen LogP contribution in [0.5, 0.6) is 0 Å². The largest absolute Gasteiger partial charge is 0.383 e. The number of aromatic nitrogens is 4. The smallest absolute Gasteiger partial charge is 0.340 e. The van der Waals surface area contributed by atoms with Crippen LogP contribution in [0.2, 0.25) is 5.28 Å². The van der Waals surface area contributed by atoms with Crippen molar-refractivity contribution in [3.05, 3.63) is 47.4 Å². The molecule has 1 aliphatic heterocycles. The van der Waals surface area contributed by atoms with Crippen LogP contribution in [0.25, 0.3) is 11.0 Å². The topological polar surface area (TPSA) is 230 Å². The first-order valence-corrected chi connectivity index (χ1v) is 14.2. The lowest BCUT2D eigenvalue weighted by molar-refractivity contribution is -0.234. The van der Waals surface area contributed by atoms with Crippen LogP contribution in [-0.4, -0.2) is 80.3 Å². The molecular weight excluding hydrogens is 544 g/mol. The normalized spacial score (nSPS) is 23.6. The summed E-state index contributed by atoms with van der Waals surface area (Å²) in [5.74, 6) is -4.16. The van der Waals surface area contributed by atoms with Crippen LogP contribution in [0.1, 0.15) is 11.8 Å². The highest BCUT2D eigenvalue weighted by Crippen LogP contribution is 2.55. The van der Waals surface area contributed by atoms with Gasteiger partial charge in [-0.25, -0.2) is 4.68 Å². The van der Waals surface area contributed by atoms with Gasteiger partial charge >= 0.3 is 15.2 Å². The maximum absolute atomic E-state index is 11.9. The first kappa shape index (κ1) is 27.0. The molecular formula is C18H22ClN5O10P2. The Balaban J connectivity index is 1.56. The predicted octanol–water partition coefficient (Wildman–Crippen LogP) is 0.368. The van der Waals surface area contributed by atoms with E-state index >= 15 is 0 Å². The number of anilines is 1. The Morgan fingerprint density at radius 3 is 2.53 bits per heavy atom. The maximum atomic E-state index is 11.9. The molecule has 3 heterocycles. The summed E-state index contributed by atoms with van der Waals surface area (Å²) >= 11 is 6.07. The number of rotatable bonds is 9. The maximum Gasteiger partial charge on any atom is 0.340 e. The molecule has 0 aliphatic carbocycles. The van der Waals surface area contributed by atoms with Gasteiger partial charge in [-0.3, -0.25) is 9.13 Å². The highest BCUT2D eigenvalue weighted by atomic mass is 35.5. The number of halogens is 1. The van der Waals surface area contributed by atoms with Gasteiger partial charge in [0.25, 0.3) is 0 Å². The minimum atomic E-state index is -4.91. The van der Waals surface area contributed by atoms with Crippen molar-refractivity contribution in [3.8, 4) is 0 Å². The molecule has 196 valence electrons. The molecule has 36 heavy (non-hydrogen) atoms. The fourth-order valence-electron chi connectivity index (χ4n) is 3.56. The van der Waals surface area contributed by atoms with E-state index in [0.29, 0.717) is 17.7 Å². The molecule has 0 amide bonds. The Morgan fingerprint density at radius 1 is 1.17 bits per heavy atom. The van der Waals surface area contributed by atoms with E-state index in [1.807, 2.05) is 30.3 Å². The standard InChI is InChI=1S/C18H22ClN5O10P2/c19-17-22-14(20-6-10-4-2-1-3-5-10)11-7-21-24(15(11)23-17)16-13(25)18(26,27)12(34-16)8-33-36(31,32)9-35(28,29)30/h1-5,7,12-13,16,25-27H,6,8-9H2,(H,31,32)(H,20,22,23)(H2,28,29,30)/t12-,13+,16-/m1/s1. The Bertz CT molecular complexity index is 1340. The van der Waals surface area contributed by atoms with E-state index in [1.165, 1.54) is 6.20 Å². The molecule has 3 aromatic rings. The van der Waals surface area contributed by atoms with Gasteiger partial charge in [-0.2, -0.15) is 15.1 Å². The summed E-state index contributed by atoms with van der Waals surface area (Å²) in [5, 5.41) is 38.7. The van der Waals surface area contributed by atoms with Crippen molar-refractivity contribution in [2.45, 2.75) is 30.8 Å². The lowest BCUT2D eigenvalue weighted by atomic mass is 10.1. The van der Waals surface area contributed by atoms with E-state index in [-0.39, 0.29) is 10.9 Å². The molecule has 1 aromatic carbocycles. The molecule has 0 spiro atoms. The molecule has 1 fully saturated rings. The van der Waals surface area contributed by atoms with Gasteiger partial charge in [0, 0.05) is 6.54 Å². The lowest BCUT2D eigenvalue weighted by Gasteiger charge is -2.25. The summed E-state index contributed by atoms with van der Waals surface area (Å²) in [6.07, 6.45) is -4.05. The van der Waals surface area contributed by atoms with Crippen molar-refractivity contribution in [2.24, 2.45) is 0 Å². The number of ether oxygens (including phenoxy) is 1. The number of hydrogen-bond donors (Lipinski definition) is 7. The molecule has 1 aliphatic rings. The average Bonchev–Trinajstić information content (AvgIpc) is 3.28. The SMILES string of the molecule is O=P(O)(O)CP(=O)(O)OC[C@H]1O[C@@H](n2ncc3c(NCc4ccccc4)nc(Cl)nc32)[C@H](O)C1(O)O. The van der Waals surface area contributed by atoms with Gasteiger partial charge in [-0.1, -0.05) is 30.3 Å². The third-order valence-electron chi connectivity index (χ3n) is 5.24. The summed E-state index contributed by atoms with van der Waals surface area (Å²) in [6.45, 7) is -0.601. The fourth-order valence-corrected chi connectivity index (χ4v) is 6.28. The second-order valence-electron chi connectivity index (χ2n) is 7.99. The second-order valence-corrected chi connectivity index (χ2v) is 12.3. The van der Waals surface area contributed by atoms with E-state index in [4.69, 9.17) is 26.1 Å². The Kier molecular flexibility index (Phi) is 7.55. The molecule has 18 heteroatoms. The molecule has 4 atom stereocenters. The number of nitrogens with one attached hydrogen (secondary N) is 1. The zero-order valence-electron chi connectivity index (χ0n) is 18.2. The van der Waals surface area contributed by atoms with Gasteiger partial charge in [0.05, 0.1) is 18.2 Å². The van der Waals surface area contributed by atoms with E-state index in [1.54, 1.807) is 0 Å². The van der Waals surface area contributed by atoms with Crippen molar-refractivity contribution in [1.29, 1.82) is 0 Å². The highest BCUT2D eigenvalue weighted by molar-refractivity contribution is 7.70. The van der Waals surface area contributed by atoms with Gasteiger partial charge in [0.1, 0.15) is 11.9 Å². The van der Waals surface area contributed by atoms with Gasteiger partial charge in [0.15, 0.2) is 23.9 Å². The Labute approximate surface area is 208 Å². The molecule has 15 nitrogen and oxygen atoms in total. The predicted molar refractivity (Wildman–Crippen MR) is 124 cm³/mol. The molecule has 0 saturated carbocycles. The van der Waals surface area contributed by atoms with Crippen LogP contribution < -0.4 is 5.32 Å². The molecule has 0 bridgehead atoms. The van der Waals surface area contributed by atoms with Gasteiger partial charge < -0.3 is 44.6 Å². The van der Waals surface area contributed by atoms with Gasteiger partial charge in [0.2, 0.25) is 11.1 Å². The zero-order valence-corrected chi connectivity index (χ0v) is 20.7. The monoisotopic (exact) mass is 565 g/mol. The zero-order chi connectivity index (χ0) is 26.3. The quantitative estimate of drug-likeness (QED) is 0.106. The molecule has 1 saturated heterocycles. The number of benzene rings is 1. The van der Waals surface area contributed by atoms with Crippen LogP contribution >= 0.6 is 26.8 Å². The van der Waals surface area contributed by atoms with Crippen LogP contribution in [0, 0.1) is 0 Å². The molecule has 2 aromatic heterocycles. The summed E-state index contributed by atoms with van der Waals surface area (Å²) in [4.78, 5) is 35.7. The summed E-state index contributed by atoms with van der Waals surface area (Å²) in [7, 11) is -9.73. The number of hydrogen-bond acceptors (Lipinski definition) is 11. The summed E-state index contributed by atoms with van der Waals surface area (Å²) < 4.78 is 34.0. The van der Waals surface area contributed by atoms with Crippen LogP contribution in [0.3, 0.4) is 0 Å². The number of nitrogens with zero attached hydrogens (tertiary/aromatic N) is 4. The van der Waals surface area contributed by atoms with Crippen molar-refractivity contribution >= 4 is 43.6 Å². The number of aliphatic hydroxyl groups is 3. The second kappa shape index (κ2) is 10.0. The van der Waals surface area contributed by atoms with Crippen molar-refractivity contribution in [1.82, 2.24) is 19.7 Å². The Morgan fingerprint density at radius 2 is 1.86 bits per heavy atom. The molecule has 7 N–H and O–H groups in total. The third-order valence-corrected chi connectivity index (χ3v) is 8.87. The van der Waals surface area contributed by atoms with Crippen LogP contribution in [0.15, 0.2) is 36.5 Å². The molecule has 0 radical (unpaired) electrons. The fraction of sp³-hybridized carbons (Fsp3) is 0.389. The summed E-state index contributed by atoms with van der Waals surface area (Å²) in [6, 6.07) is 9.41. The minimum Gasteiger partial charge on any atom is -0.383 e. The number of aliphatic hydroxyl groups excluding tert-OH is 1. The van der Waals surface area contributed by atoms with Crippen molar-refractivity contribution in [2.75, 3.05) is 17.8 Å². The van der Waals surface area contributed by atoms with Gasteiger partial charge in [-0.05, 0) is 17.2 Å². The lowest BCUT2D eigenvalue weighted by Crippen LogP contribution is -2.49. The number of fused-ring (bicyclic) bond motifs is 1. The van der Waals surface area contributed by atoms with Crippen LogP contribution in [0.4, 0.5) is 5.82 Å². The molecule has 1 unspecified atom stereocenters. The molecule has 4 rings (SSSR count). The Hall–Kier alpha value is -2.00. The highest BCUT2D eigenvalue weighted by Gasteiger charge is 2.56. The first-order valence-electron chi connectivity index (χ1n) is 10.2. The minimum absolute atomic E-state index is 0.0707. The van der Waals surface area contributed by atoms with E-state index in [2.05, 4.69) is 24.9 Å². The van der Waals surface area contributed by atoms with E-state index < -0.39 is 51.9 Å². The van der Waals surface area contributed by atoms with Gasteiger partial charge in [-0.15, -0.1) is 0 Å².